The van der Waals surface area contributed by atoms with Crippen LogP contribution in [0.15, 0.2) is 84.0 Å². The van der Waals surface area contributed by atoms with Gasteiger partial charge in [-0.3, -0.25) is 9.36 Å². The number of ether oxygens (including phenoxy) is 2. The average Bonchev–Trinajstić information content (AvgIpc) is 3.59. The number of nitrogens with zero attached hydrogens (tertiary/aromatic N) is 3. The van der Waals surface area contributed by atoms with Crippen LogP contribution in [0.3, 0.4) is 0 Å². The van der Waals surface area contributed by atoms with E-state index in [0.717, 1.165) is 36.3 Å². The Morgan fingerprint density at radius 3 is 2.54 bits per heavy atom. The quantitative estimate of drug-likeness (QED) is 0.285. The van der Waals surface area contributed by atoms with E-state index in [1.165, 1.54) is 23.9 Å². The highest BCUT2D eigenvalue weighted by atomic mass is 32.2. The third-order valence-corrected chi connectivity index (χ3v) is 7.39. The number of carbonyl (C=O) groups is 1. The van der Waals surface area contributed by atoms with E-state index >= 15 is 0 Å². The number of methoxy groups -OCH3 is 1. The number of halogens is 1. The van der Waals surface area contributed by atoms with Gasteiger partial charge in [0.05, 0.1) is 19.8 Å². The fourth-order valence-electron chi connectivity index (χ4n) is 4.23. The number of hydrogen-bond donors (Lipinski definition) is 1. The second kappa shape index (κ2) is 11.6. The molecule has 1 N–H and O–H groups in total. The van der Waals surface area contributed by atoms with Gasteiger partial charge < -0.3 is 14.8 Å². The van der Waals surface area contributed by atoms with E-state index in [4.69, 9.17) is 9.47 Å². The third-order valence-electron chi connectivity index (χ3n) is 6.15. The maximum Gasteiger partial charge on any atom is 0.242 e. The Bertz CT molecular complexity index is 1320. The van der Waals surface area contributed by atoms with Gasteiger partial charge in [-0.15, -0.1) is 10.2 Å². The lowest BCUT2D eigenvalue weighted by Crippen LogP contribution is -2.21. The van der Waals surface area contributed by atoms with Crippen LogP contribution in [-0.2, 0) is 16.1 Å². The van der Waals surface area contributed by atoms with Crippen molar-refractivity contribution in [2.75, 3.05) is 19.0 Å². The highest BCUT2D eigenvalue weighted by molar-refractivity contribution is 8.00. The highest BCUT2D eigenvalue weighted by Crippen LogP contribution is 2.37. The Morgan fingerprint density at radius 1 is 1.11 bits per heavy atom. The number of amides is 1. The van der Waals surface area contributed by atoms with Gasteiger partial charge in [-0.2, -0.15) is 0 Å². The van der Waals surface area contributed by atoms with Crippen LogP contribution in [-0.4, -0.2) is 40.5 Å². The fraction of sp³-hybridized carbons (Fsp3) is 0.250. The first-order chi connectivity index (χ1) is 18.1. The zero-order valence-corrected chi connectivity index (χ0v) is 21.2. The summed E-state index contributed by atoms with van der Waals surface area (Å²) >= 11 is 1.33. The highest BCUT2D eigenvalue weighted by Gasteiger charge is 2.28. The molecule has 2 heterocycles. The Balaban J connectivity index is 1.48. The van der Waals surface area contributed by atoms with Crippen LogP contribution in [0.4, 0.5) is 10.1 Å². The van der Waals surface area contributed by atoms with Gasteiger partial charge in [-0.25, -0.2) is 4.39 Å². The molecule has 3 aromatic carbocycles. The smallest absolute Gasteiger partial charge is 0.242 e. The van der Waals surface area contributed by atoms with E-state index in [1.807, 2.05) is 59.2 Å². The van der Waals surface area contributed by atoms with Crippen molar-refractivity contribution in [2.45, 2.75) is 35.9 Å². The Morgan fingerprint density at radius 2 is 1.86 bits per heavy atom. The van der Waals surface area contributed by atoms with Crippen LogP contribution >= 0.6 is 11.8 Å². The molecule has 1 aliphatic heterocycles. The zero-order valence-electron chi connectivity index (χ0n) is 20.3. The monoisotopic (exact) mass is 518 g/mol. The van der Waals surface area contributed by atoms with Crippen molar-refractivity contribution in [3.63, 3.8) is 0 Å². The van der Waals surface area contributed by atoms with Crippen molar-refractivity contribution in [2.24, 2.45) is 0 Å². The third kappa shape index (κ3) is 6.00. The van der Waals surface area contributed by atoms with Crippen LogP contribution < -0.4 is 10.1 Å². The Hall–Kier alpha value is -3.69. The minimum Gasteiger partial charge on any atom is -0.497 e. The lowest BCUT2D eigenvalue weighted by molar-refractivity contribution is -0.115. The lowest BCUT2D eigenvalue weighted by Gasteiger charge is -2.19. The molecule has 9 heteroatoms. The molecule has 4 aromatic rings. The first-order valence-corrected chi connectivity index (χ1v) is 13.0. The molecule has 190 valence electrons. The SMILES string of the molecule is COc1ccc(-c2nnc(S[C@H](C(=O)Nc3ccc(F)cc3)c3ccccc3)n2C[C@@H]2CCCO2)cc1. The van der Waals surface area contributed by atoms with Gasteiger partial charge in [-0.05, 0) is 66.9 Å². The normalized spacial score (nSPS) is 15.9. The van der Waals surface area contributed by atoms with E-state index in [1.54, 1.807) is 19.2 Å². The molecule has 7 nitrogen and oxygen atoms in total. The van der Waals surface area contributed by atoms with Crippen LogP contribution in [0.25, 0.3) is 11.4 Å². The van der Waals surface area contributed by atoms with Crippen LogP contribution in [0.2, 0.25) is 0 Å². The predicted octanol–water partition coefficient (Wildman–Crippen LogP) is 5.74. The van der Waals surface area contributed by atoms with Gasteiger partial charge in [0.1, 0.15) is 16.8 Å². The van der Waals surface area contributed by atoms with Crippen molar-refractivity contribution in [3.05, 3.63) is 90.2 Å². The fourth-order valence-corrected chi connectivity index (χ4v) is 5.28. The van der Waals surface area contributed by atoms with Gasteiger partial charge in [0.25, 0.3) is 0 Å². The van der Waals surface area contributed by atoms with E-state index < -0.39 is 5.25 Å². The van der Waals surface area contributed by atoms with Crippen LogP contribution in [0.1, 0.15) is 23.7 Å². The topological polar surface area (TPSA) is 78.3 Å². The van der Waals surface area contributed by atoms with Crippen molar-refractivity contribution in [3.8, 4) is 17.1 Å². The van der Waals surface area contributed by atoms with E-state index in [0.29, 0.717) is 23.2 Å². The summed E-state index contributed by atoms with van der Waals surface area (Å²) in [5, 5.41) is 11.9. The summed E-state index contributed by atoms with van der Waals surface area (Å²) in [5.74, 6) is 0.859. The van der Waals surface area contributed by atoms with Crippen molar-refractivity contribution < 1.29 is 18.7 Å². The summed E-state index contributed by atoms with van der Waals surface area (Å²) in [6.45, 7) is 1.32. The standard InChI is InChI=1S/C28H27FN4O3S/c1-35-23-15-9-20(10-16-23)26-31-32-28(33(26)18-24-8-5-17-36-24)37-25(19-6-3-2-4-7-19)27(34)30-22-13-11-21(29)12-14-22/h2-4,6-7,9-16,24-25H,5,8,17-18H2,1H3,(H,30,34)/t24-,25-/m0/s1. The number of aromatic nitrogens is 3. The number of nitrogens with one attached hydrogen (secondary N) is 1. The van der Waals surface area contributed by atoms with Gasteiger partial charge in [0.15, 0.2) is 11.0 Å². The first kappa shape index (κ1) is 25.0. The summed E-state index contributed by atoms with van der Waals surface area (Å²) in [7, 11) is 1.63. The number of benzene rings is 3. The molecule has 37 heavy (non-hydrogen) atoms. The first-order valence-electron chi connectivity index (χ1n) is 12.1. The molecule has 0 bridgehead atoms. The lowest BCUT2D eigenvalue weighted by atomic mass is 10.1. The summed E-state index contributed by atoms with van der Waals surface area (Å²) in [6, 6.07) is 22.9. The molecule has 1 amide bonds. The molecule has 1 aromatic heterocycles. The number of carbonyl (C=O) groups excluding carboxylic acids is 1. The second-order valence-corrected chi connectivity index (χ2v) is 9.76. The van der Waals surface area contributed by atoms with Gasteiger partial charge >= 0.3 is 0 Å². The summed E-state index contributed by atoms with van der Waals surface area (Å²) in [6.07, 6.45) is 2.02. The number of anilines is 1. The average molecular weight is 519 g/mol. The van der Waals surface area contributed by atoms with Crippen LogP contribution in [0.5, 0.6) is 5.75 Å². The van der Waals surface area contributed by atoms with Crippen molar-refractivity contribution in [1.82, 2.24) is 14.8 Å². The summed E-state index contributed by atoms with van der Waals surface area (Å²) in [4.78, 5) is 13.5. The predicted molar refractivity (Wildman–Crippen MR) is 141 cm³/mol. The van der Waals surface area contributed by atoms with E-state index in [9.17, 15) is 9.18 Å². The molecule has 0 aliphatic carbocycles. The second-order valence-electron chi connectivity index (χ2n) is 8.69. The van der Waals surface area contributed by atoms with E-state index in [2.05, 4.69) is 15.5 Å². The molecular weight excluding hydrogens is 491 g/mol. The summed E-state index contributed by atoms with van der Waals surface area (Å²) < 4.78 is 26.6. The molecule has 0 spiro atoms. The molecule has 0 unspecified atom stereocenters. The molecule has 1 saturated heterocycles. The minimum absolute atomic E-state index is 0.0514. The molecule has 5 rings (SSSR count). The molecular formula is C28H27FN4O3S. The van der Waals surface area contributed by atoms with Crippen molar-refractivity contribution in [1.29, 1.82) is 0 Å². The number of rotatable bonds is 9. The zero-order chi connectivity index (χ0) is 25.6. The van der Waals surface area contributed by atoms with Gasteiger partial charge in [0.2, 0.25) is 5.91 Å². The Labute approximate surface area is 219 Å². The number of hydrogen-bond acceptors (Lipinski definition) is 6. The summed E-state index contributed by atoms with van der Waals surface area (Å²) in [5.41, 5.74) is 2.24. The molecule has 1 aliphatic rings. The minimum atomic E-state index is -0.609. The maximum atomic E-state index is 13.5. The largest absolute Gasteiger partial charge is 0.497 e. The maximum absolute atomic E-state index is 13.5. The molecule has 0 saturated carbocycles. The molecule has 0 radical (unpaired) electrons. The van der Waals surface area contributed by atoms with E-state index in [-0.39, 0.29) is 17.8 Å². The van der Waals surface area contributed by atoms with Crippen molar-refractivity contribution >= 4 is 23.4 Å². The van der Waals surface area contributed by atoms with Gasteiger partial charge in [-0.1, -0.05) is 42.1 Å². The molecule has 2 atom stereocenters. The Kier molecular flexibility index (Phi) is 7.82. The van der Waals surface area contributed by atoms with Gasteiger partial charge in [0, 0.05) is 17.9 Å². The van der Waals surface area contributed by atoms with Crippen LogP contribution in [0, 0.1) is 5.82 Å². The number of thioether (sulfide) groups is 1. The molecule has 1 fully saturated rings.